The number of hydrogen-bond donors (Lipinski definition) is 1. The lowest BCUT2D eigenvalue weighted by Gasteiger charge is -2.02. The van der Waals surface area contributed by atoms with Gasteiger partial charge in [0.2, 0.25) is 0 Å². The Hall–Kier alpha value is -0.920. The van der Waals surface area contributed by atoms with Crippen LogP contribution in [-0.4, -0.2) is 23.1 Å². The second-order valence-corrected chi connectivity index (χ2v) is 5.17. The second kappa shape index (κ2) is 8.21. The van der Waals surface area contributed by atoms with Crippen LogP contribution in [0.25, 0.3) is 0 Å². The zero-order valence-electron chi connectivity index (χ0n) is 10.7. The highest BCUT2D eigenvalue weighted by Crippen LogP contribution is 2.06. The number of hydrogen-bond acceptors (Lipinski definition) is 3. The van der Waals surface area contributed by atoms with Crippen molar-refractivity contribution >= 4 is 11.8 Å². The van der Waals surface area contributed by atoms with Gasteiger partial charge in [-0.2, -0.15) is 17.0 Å². The monoisotopic (exact) mass is 251 g/mol. The van der Waals surface area contributed by atoms with Crippen LogP contribution < -0.4 is 5.32 Å². The lowest BCUT2D eigenvalue weighted by Crippen LogP contribution is -2.14. The quantitative estimate of drug-likeness (QED) is 0.722. The smallest absolute Gasteiger partial charge is 0.120 e. The molecule has 0 amide bonds. The first kappa shape index (κ1) is 14.1. The molecule has 17 heavy (non-hydrogen) atoms. The number of nitrogens with zero attached hydrogens (tertiary/aromatic N) is 2. The molecule has 0 aliphatic heterocycles. The zero-order chi connectivity index (χ0) is 12.5. The molecule has 0 unspecified atom stereocenters. The van der Waals surface area contributed by atoms with Gasteiger partial charge in [0.05, 0.1) is 0 Å². The summed E-state index contributed by atoms with van der Waals surface area (Å²) in [6.07, 6.45) is 8.01. The van der Waals surface area contributed by atoms with Crippen LogP contribution in [0.15, 0.2) is 12.3 Å². The fourth-order valence-electron chi connectivity index (χ4n) is 1.75. The SMILES string of the molecule is CSCCCCCNCc1cc(C#N)n(C)c1. The lowest BCUT2D eigenvalue weighted by atomic mass is 10.2. The molecule has 1 N–H and O–H groups in total. The summed E-state index contributed by atoms with van der Waals surface area (Å²) in [6.45, 7) is 1.92. The van der Waals surface area contributed by atoms with Gasteiger partial charge in [0.1, 0.15) is 11.8 Å². The third-order valence-corrected chi connectivity index (χ3v) is 3.40. The molecule has 1 heterocycles. The van der Waals surface area contributed by atoms with Crippen LogP contribution in [-0.2, 0) is 13.6 Å². The van der Waals surface area contributed by atoms with Gasteiger partial charge >= 0.3 is 0 Å². The summed E-state index contributed by atoms with van der Waals surface area (Å²) in [6, 6.07) is 4.12. The van der Waals surface area contributed by atoms with Gasteiger partial charge in [-0.15, -0.1) is 0 Å². The molecule has 0 aliphatic rings. The van der Waals surface area contributed by atoms with Crippen molar-refractivity contribution in [3.05, 3.63) is 23.5 Å². The van der Waals surface area contributed by atoms with E-state index in [0.29, 0.717) is 0 Å². The molecule has 0 aliphatic carbocycles. The van der Waals surface area contributed by atoms with E-state index >= 15 is 0 Å². The van der Waals surface area contributed by atoms with Crippen molar-refractivity contribution in [2.24, 2.45) is 7.05 Å². The molecule has 0 radical (unpaired) electrons. The molecule has 0 bridgehead atoms. The second-order valence-electron chi connectivity index (χ2n) is 4.19. The highest BCUT2D eigenvalue weighted by atomic mass is 32.2. The van der Waals surface area contributed by atoms with Crippen LogP contribution in [0.1, 0.15) is 30.5 Å². The Balaban J connectivity index is 2.12. The molecular formula is C13H21N3S. The minimum absolute atomic E-state index is 0.724. The van der Waals surface area contributed by atoms with Crippen molar-refractivity contribution in [3.8, 4) is 6.07 Å². The highest BCUT2D eigenvalue weighted by Gasteiger charge is 2.01. The summed E-state index contributed by atoms with van der Waals surface area (Å²) in [5.74, 6) is 1.27. The summed E-state index contributed by atoms with van der Waals surface area (Å²) in [7, 11) is 1.91. The van der Waals surface area contributed by atoms with E-state index in [2.05, 4.69) is 17.6 Å². The number of aromatic nitrogens is 1. The van der Waals surface area contributed by atoms with Gasteiger partial charge in [0, 0.05) is 19.8 Å². The van der Waals surface area contributed by atoms with Crippen molar-refractivity contribution in [2.75, 3.05) is 18.6 Å². The minimum atomic E-state index is 0.724. The Kier molecular flexibility index (Phi) is 6.83. The first-order valence-corrected chi connectivity index (χ1v) is 7.42. The normalized spacial score (nSPS) is 10.4. The van der Waals surface area contributed by atoms with E-state index in [1.807, 2.05) is 35.6 Å². The summed E-state index contributed by atoms with van der Waals surface area (Å²) in [5, 5.41) is 12.2. The van der Waals surface area contributed by atoms with Crippen molar-refractivity contribution in [3.63, 3.8) is 0 Å². The number of nitriles is 1. The van der Waals surface area contributed by atoms with E-state index in [1.54, 1.807) is 0 Å². The fraction of sp³-hybridized carbons (Fsp3) is 0.615. The van der Waals surface area contributed by atoms with Crippen LogP contribution in [0.2, 0.25) is 0 Å². The molecule has 0 saturated heterocycles. The predicted molar refractivity (Wildman–Crippen MR) is 74.1 cm³/mol. The van der Waals surface area contributed by atoms with E-state index in [1.165, 1.54) is 30.6 Å². The molecule has 94 valence electrons. The Bertz CT molecular complexity index is 365. The minimum Gasteiger partial charge on any atom is -0.342 e. The average Bonchev–Trinajstić information content (AvgIpc) is 2.68. The van der Waals surface area contributed by atoms with Crippen LogP contribution in [0.5, 0.6) is 0 Å². The molecule has 0 atom stereocenters. The van der Waals surface area contributed by atoms with Gasteiger partial charge in [-0.05, 0) is 43.0 Å². The van der Waals surface area contributed by atoms with E-state index in [-0.39, 0.29) is 0 Å². The summed E-state index contributed by atoms with van der Waals surface area (Å²) >= 11 is 1.92. The lowest BCUT2D eigenvalue weighted by molar-refractivity contribution is 0.618. The Labute approximate surface area is 108 Å². The van der Waals surface area contributed by atoms with Crippen molar-refractivity contribution < 1.29 is 0 Å². The van der Waals surface area contributed by atoms with Crippen LogP contribution in [0.3, 0.4) is 0 Å². The fourth-order valence-corrected chi connectivity index (χ4v) is 2.24. The van der Waals surface area contributed by atoms with E-state index in [4.69, 9.17) is 5.26 Å². The van der Waals surface area contributed by atoms with Gasteiger partial charge in [-0.25, -0.2) is 0 Å². The number of nitrogens with one attached hydrogen (secondary N) is 1. The maximum atomic E-state index is 8.83. The molecule has 0 spiro atoms. The van der Waals surface area contributed by atoms with E-state index < -0.39 is 0 Å². The standard InChI is InChI=1S/C13H21N3S/c1-16-11-12(8-13(16)9-14)10-15-6-4-3-5-7-17-2/h8,11,15H,3-7,10H2,1-2H3. The largest absolute Gasteiger partial charge is 0.342 e. The number of unbranched alkanes of at least 4 members (excludes halogenated alkanes) is 2. The van der Waals surface area contributed by atoms with Crippen LogP contribution >= 0.6 is 11.8 Å². The number of thioether (sulfide) groups is 1. The maximum absolute atomic E-state index is 8.83. The maximum Gasteiger partial charge on any atom is 0.120 e. The summed E-state index contributed by atoms with van der Waals surface area (Å²) in [4.78, 5) is 0. The van der Waals surface area contributed by atoms with Gasteiger partial charge in [0.15, 0.2) is 0 Å². The van der Waals surface area contributed by atoms with Gasteiger partial charge in [-0.1, -0.05) is 6.42 Å². The molecule has 4 heteroatoms. The van der Waals surface area contributed by atoms with Crippen molar-refractivity contribution in [2.45, 2.75) is 25.8 Å². The topological polar surface area (TPSA) is 40.8 Å². The molecule has 1 aromatic rings. The molecule has 3 nitrogen and oxygen atoms in total. The van der Waals surface area contributed by atoms with Crippen molar-refractivity contribution in [1.29, 1.82) is 5.26 Å². The Morgan fingerprint density at radius 1 is 1.41 bits per heavy atom. The average molecular weight is 251 g/mol. The zero-order valence-corrected chi connectivity index (χ0v) is 11.5. The first-order chi connectivity index (χ1) is 8.27. The predicted octanol–water partition coefficient (Wildman–Crippen LogP) is 2.52. The Morgan fingerprint density at radius 2 is 2.24 bits per heavy atom. The molecule has 1 aromatic heterocycles. The third-order valence-electron chi connectivity index (χ3n) is 2.71. The third kappa shape index (κ3) is 5.29. The van der Waals surface area contributed by atoms with Gasteiger partial charge in [0.25, 0.3) is 0 Å². The molecule has 0 aromatic carbocycles. The van der Waals surface area contributed by atoms with Gasteiger partial charge < -0.3 is 9.88 Å². The molecule has 1 rings (SSSR count). The summed E-state index contributed by atoms with van der Waals surface area (Å²) in [5.41, 5.74) is 1.91. The van der Waals surface area contributed by atoms with Crippen LogP contribution in [0, 0.1) is 11.3 Å². The van der Waals surface area contributed by atoms with Crippen molar-refractivity contribution in [1.82, 2.24) is 9.88 Å². The molecular weight excluding hydrogens is 230 g/mol. The van der Waals surface area contributed by atoms with E-state index in [0.717, 1.165) is 18.8 Å². The number of aryl methyl sites for hydroxylation is 1. The molecule has 0 saturated carbocycles. The van der Waals surface area contributed by atoms with Crippen LogP contribution in [0.4, 0.5) is 0 Å². The molecule has 0 fully saturated rings. The number of rotatable bonds is 8. The van der Waals surface area contributed by atoms with Gasteiger partial charge in [-0.3, -0.25) is 0 Å². The first-order valence-electron chi connectivity index (χ1n) is 6.03. The van der Waals surface area contributed by atoms with E-state index in [9.17, 15) is 0 Å². The summed E-state index contributed by atoms with van der Waals surface area (Å²) < 4.78 is 1.87. The Morgan fingerprint density at radius 3 is 2.88 bits per heavy atom. The highest BCUT2D eigenvalue weighted by molar-refractivity contribution is 7.98.